The summed E-state index contributed by atoms with van der Waals surface area (Å²) in [5, 5.41) is 2.82. The molecule has 0 spiro atoms. The minimum atomic E-state index is -0.564. The van der Waals surface area contributed by atoms with Gasteiger partial charge in [-0.3, -0.25) is 9.59 Å². The fourth-order valence-corrected chi connectivity index (χ4v) is 3.60. The van der Waals surface area contributed by atoms with Crippen LogP contribution in [0, 0.1) is 5.92 Å². The lowest BCUT2D eigenvalue weighted by molar-refractivity contribution is -0.122. The van der Waals surface area contributed by atoms with E-state index >= 15 is 0 Å². The van der Waals surface area contributed by atoms with Gasteiger partial charge in [0.2, 0.25) is 11.8 Å². The van der Waals surface area contributed by atoms with E-state index in [4.69, 9.17) is 9.47 Å². The molecule has 162 valence electrons. The van der Waals surface area contributed by atoms with Gasteiger partial charge in [-0.25, -0.2) is 4.79 Å². The molecule has 0 aliphatic carbocycles. The van der Waals surface area contributed by atoms with Crippen molar-refractivity contribution in [1.29, 1.82) is 0 Å². The van der Waals surface area contributed by atoms with E-state index in [1.165, 1.54) is 7.11 Å². The topological polar surface area (TPSA) is 84.9 Å². The van der Waals surface area contributed by atoms with Crippen molar-refractivity contribution < 1.29 is 23.9 Å². The number of esters is 1. The van der Waals surface area contributed by atoms with Crippen molar-refractivity contribution in [2.45, 2.75) is 6.42 Å². The molecular formula is C25H22N2O5. The fraction of sp³-hybridized carbons (Fsp3) is 0.160. The van der Waals surface area contributed by atoms with E-state index in [9.17, 15) is 14.4 Å². The fourth-order valence-electron chi connectivity index (χ4n) is 3.60. The summed E-state index contributed by atoms with van der Waals surface area (Å²) in [6, 6.07) is 22.6. The molecule has 1 fully saturated rings. The van der Waals surface area contributed by atoms with Crippen LogP contribution < -0.4 is 19.7 Å². The van der Waals surface area contributed by atoms with Gasteiger partial charge in [-0.05, 0) is 36.4 Å². The van der Waals surface area contributed by atoms with Crippen LogP contribution in [0.4, 0.5) is 11.4 Å². The van der Waals surface area contributed by atoms with Crippen molar-refractivity contribution in [2.75, 3.05) is 23.9 Å². The number of hydrogen-bond donors (Lipinski definition) is 1. The molecule has 1 aliphatic rings. The monoisotopic (exact) mass is 430 g/mol. The first-order chi connectivity index (χ1) is 15.5. The predicted octanol–water partition coefficient (Wildman–Crippen LogP) is 3.91. The molecule has 1 saturated heterocycles. The van der Waals surface area contributed by atoms with E-state index in [0.717, 1.165) is 5.69 Å². The summed E-state index contributed by atoms with van der Waals surface area (Å²) in [5.41, 5.74) is 1.55. The largest absolute Gasteiger partial charge is 0.496 e. The zero-order chi connectivity index (χ0) is 22.5. The molecule has 32 heavy (non-hydrogen) atoms. The van der Waals surface area contributed by atoms with Crippen LogP contribution in [0.15, 0.2) is 78.9 Å². The van der Waals surface area contributed by atoms with Crippen LogP contribution in [0.2, 0.25) is 0 Å². The molecule has 1 aliphatic heterocycles. The minimum Gasteiger partial charge on any atom is -0.496 e. The third-order valence-corrected chi connectivity index (χ3v) is 5.20. The highest BCUT2D eigenvalue weighted by molar-refractivity contribution is 6.03. The highest BCUT2D eigenvalue weighted by atomic mass is 16.5. The second-order valence-corrected chi connectivity index (χ2v) is 7.35. The molecule has 0 saturated carbocycles. The zero-order valence-corrected chi connectivity index (χ0v) is 17.5. The third-order valence-electron chi connectivity index (χ3n) is 5.20. The Bertz CT molecular complexity index is 1150. The first kappa shape index (κ1) is 21.1. The smallest absolute Gasteiger partial charge is 0.347 e. The van der Waals surface area contributed by atoms with Crippen LogP contribution in [0.25, 0.3) is 0 Å². The number of nitrogens with zero attached hydrogens (tertiary/aromatic N) is 1. The number of amides is 2. The Labute approximate surface area is 185 Å². The van der Waals surface area contributed by atoms with Crippen LogP contribution in [-0.2, 0) is 9.59 Å². The number of carbonyl (C=O) groups excluding carboxylic acids is 3. The maximum Gasteiger partial charge on any atom is 0.347 e. The second kappa shape index (κ2) is 9.34. The number of hydrogen-bond acceptors (Lipinski definition) is 5. The van der Waals surface area contributed by atoms with Gasteiger partial charge in [0.25, 0.3) is 0 Å². The Balaban J connectivity index is 1.41. The van der Waals surface area contributed by atoms with Crippen molar-refractivity contribution in [3.63, 3.8) is 0 Å². The Hall–Kier alpha value is -4.13. The van der Waals surface area contributed by atoms with Crippen LogP contribution in [0.1, 0.15) is 16.8 Å². The molecule has 0 radical (unpaired) electrons. The number of carbonyl (C=O) groups is 3. The number of methoxy groups -OCH3 is 1. The highest BCUT2D eigenvalue weighted by Gasteiger charge is 2.35. The molecule has 1 atom stereocenters. The van der Waals surface area contributed by atoms with Gasteiger partial charge in [0.05, 0.1) is 13.0 Å². The number of anilines is 2. The maximum atomic E-state index is 12.8. The van der Waals surface area contributed by atoms with E-state index in [1.54, 1.807) is 53.4 Å². The molecular weight excluding hydrogens is 408 g/mol. The third kappa shape index (κ3) is 4.62. The Morgan fingerprint density at radius 3 is 2.50 bits per heavy atom. The summed E-state index contributed by atoms with van der Waals surface area (Å²) in [6.07, 6.45) is 0.142. The van der Waals surface area contributed by atoms with Gasteiger partial charge in [-0.2, -0.15) is 0 Å². The Kier molecular flexibility index (Phi) is 6.17. The summed E-state index contributed by atoms with van der Waals surface area (Å²) < 4.78 is 10.6. The molecule has 1 unspecified atom stereocenters. The molecule has 3 aromatic rings. The zero-order valence-electron chi connectivity index (χ0n) is 17.5. The van der Waals surface area contributed by atoms with Gasteiger partial charge >= 0.3 is 5.97 Å². The van der Waals surface area contributed by atoms with Gasteiger partial charge in [0.1, 0.15) is 17.1 Å². The standard InChI is InChI=1S/C25H22N2O5/c1-31-22-13-6-5-12-21(22)25(30)32-20-11-7-8-18(15-20)26-24(29)17-14-23(28)27(16-17)19-9-3-2-4-10-19/h2-13,15,17H,14,16H2,1H3,(H,26,29). The Morgan fingerprint density at radius 1 is 0.969 bits per heavy atom. The van der Waals surface area contributed by atoms with E-state index in [2.05, 4.69) is 5.32 Å². The van der Waals surface area contributed by atoms with Gasteiger partial charge in [0, 0.05) is 30.4 Å². The van der Waals surface area contributed by atoms with Gasteiger partial charge in [-0.1, -0.05) is 36.4 Å². The number of benzene rings is 3. The quantitative estimate of drug-likeness (QED) is 0.474. The van der Waals surface area contributed by atoms with E-state index < -0.39 is 11.9 Å². The molecule has 1 N–H and O–H groups in total. The summed E-state index contributed by atoms with van der Waals surface area (Å²) >= 11 is 0. The normalized spacial score (nSPS) is 15.3. The van der Waals surface area contributed by atoms with Crippen molar-refractivity contribution >= 4 is 29.2 Å². The highest BCUT2D eigenvalue weighted by Crippen LogP contribution is 2.27. The molecule has 1 heterocycles. The van der Waals surface area contributed by atoms with Gasteiger partial charge in [0.15, 0.2) is 0 Å². The molecule has 0 aromatic heterocycles. The van der Waals surface area contributed by atoms with Crippen molar-refractivity contribution in [2.24, 2.45) is 5.92 Å². The first-order valence-electron chi connectivity index (χ1n) is 10.2. The lowest BCUT2D eigenvalue weighted by atomic mass is 10.1. The number of rotatable bonds is 6. The van der Waals surface area contributed by atoms with Crippen LogP contribution in [0.5, 0.6) is 11.5 Å². The summed E-state index contributed by atoms with van der Waals surface area (Å²) in [4.78, 5) is 39.3. The van der Waals surface area contributed by atoms with Crippen LogP contribution >= 0.6 is 0 Å². The van der Waals surface area contributed by atoms with Crippen molar-refractivity contribution in [3.8, 4) is 11.5 Å². The van der Waals surface area contributed by atoms with Gasteiger partial charge in [-0.15, -0.1) is 0 Å². The molecule has 4 rings (SSSR count). The lowest BCUT2D eigenvalue weighted by Crippen LogP contribution is -2.28. The second-order valence-electron chi connectivity index (χ2n) is 7.35. The van der Waals surface area contributed by atoms with Crippen molar-refractivity contribution in [3.05, 3.63) is 84.4 Å². The maximum absolute atomic E-state index is 12.8. The first-order valence-corrected chi connectivity index (χ1v) is 10.2. The summed E-state index contributed by atoms with van der Waals surface area (Å²) in [6.45, 7) is 0.317. The predicted molar refractivity (Wildman–Crippen MR) is 120 cm³/mol. The molecule has 0 bridgehead atoms. The lowest BCUT2D eigenvalue weighted by Gasteiger charge is -2.16. The molecule has 7 nitrogen and oxygen atoms in total. The summed E-state index contributed by atoms with van der Waals surface area (Å²) in [5.74, 6) is -0.683. The Morgan fingerprint density at radius 2 is 1.72 bits per heavy atom. The SMILES string of the molecule is COc1ccccc1C(=O)Oc1cccc(NC(=O)C2CC(=O)N(c3ccccc3)C2)c1. The van der Waals surface area contributed by atoms with E-state index in [1.807, 2.05) is 30.3 Å². The summed E-state index contributed by atoms with van der Waals surface area (Å²) in [7, 11) is 1.48. The molecule has 3 aromatic carbocycles. The van der Waals surface area contributed by atoms with Crippen LogP contribution in [-0.4, -0.2) is 31.4 Å². The number of para-hydroxylation sites is 2. The number of ether oxygens (including phenoxy) is 2. The van der Waals surface area contributed by atoms with E-state index in [-0.39, 0.29) is 24.0 Å². The molecule has 2 amide bonds. The minimum absolute atomic E-state index is 0.0872. The number of nitrogens with one attached hydrogen (secondary N) is 1. The molecule has 7 heteroatoms. The van der Waals surface area contributed by atoms with Crippen LogP contribution in [0.3, 0.4) is 0 Å². The average Bonchev–Trinajstić information content (AvgIpc) is 3.21. The van der Waals surface area contributed by atoms with Gasteiger partial charge < -0.3 is 19.7 Å². The average molecular weight is 430 g/mol. The van der Waals surface area contributed by atoms with E-state index in [0.29, 0.717) is 23.5 Å². The van der Waals surface area contributed by atoms with Crippen molar-refractivity contribution in [1.82, 2.24) is 0 Å².